The second-order valence-corrected chi connectivity index (χ2v) is 4.61. The van der Waals surface area contributed by atoms with Gasteiger partial charge in [0, 0.05) is 6.07 Å². The summed E-state index contributed by atoms with van der Waals surface area (Å²) in [6, 6.07) is 0.950. The molecule has 0 radical (unpaired) electrons. The van der Waals surface area contributed by atoms with Gasteiger partial charge < -0.3 is 9.47 Å². The van der Waals surface area contributed by atoms with Crippen LogP contribution in [0.4, 0.5) is 17.6 Å². The molecular formula is C11H10F4INO3. The number of rotatable bonds is 5. The average molecular weight is 407 g/mol. The number of ether oxygens (including phenoxy) is 2. The maximum absolute atomic E-state index is 12.7. The highest BCUT2D eigenvalue weighted by atomic mass is 127. The summed E-state index contributed by atoms with van der Waals surface area (Å²) in [6.07, 6.45) is -5.26. The molecule has 1 heterocycles. The molecule has 0 N–H and O–H groups in total. The molecule has 0 fully saturated rings. The minimum Gasteiger partial charge on any atom is -0.466 e. The number of aromatic nitrogens is 1. The molecule has 112 valence electrons. The Morgan fingerprint density at radius 1 is 1.45 bits per heavy atom. The van der Waals surface area contributed by atoms with Gasteiger partial charge in [-0.05, 0) is 29.5 Å². The summed E-state index contributed by atoms with van der Waals surface area (Å²) in [5.74, 6) is -1.25. The molecule has 0 aliphatic rings. The van der Waals surface area contributed by atoms with Crippen molar-refractivity contribution in [1.29, 1.82) is 0 Å². The number of nitrogens with zero attached hydrogens (tertiary/aromatic N) is 1. The van der Waals surface area contributed by atoms with Crippen molar-refractivity contribution in [2.24, 2.45) is 0 Å². The Balaban J connectivity index is 3.08. The molecular weight excluding hydrogens is 397 g/mol. The Kier molecular flexibility index (Phi) is 5.96. The fraction of sp³-hybridized carbons (Fsp3) is 0.455. The molecule has 0 aromatic carbocycles. The highest BCUT2D eigenvalue weighted by molar-refractivity contribution is 14.1. The first-order valence-corrected chi connectivity index (χ1v) is 6.50. The molecule has 0 bridgehead atoms. The predicted molar refractivity (Wildman–Crippen MR) is 68.8 cm³/mol. The van der Waals surface area contributed by atoms with E-state index in [4.69, 9.17) is 0 Å². The van der Waals surface area contributed by atoms with Crippen molar-refractivity contribution in [3.05, 3.63) is 21.0 Å². The van der Waals surface area contributed by atoms with E-state index in [1.807, 2.05) is 0 Å². The van der Waals surface area contributed by atoms with Crippen LogP contribution < -0.4 is 4.74 Å². The molecule has 0 aliphatic heterocycles. The number of halogens is 5. The molecule has 0 amide bonds. The van der Waals surface area contributed by atoms with Crippen LogP contribution in [-0.4, -0.2) is 23.9 Å². The Morgan fingerprint density at radius 3 is 2.60 bits per heavy atom. The average Bonchev–Trinajstić information content (AvgIpc) is 2.31. The Bertz CT molecular complexity index is 493. The van der Waals surface area contributed by atoms with E-state index in [0.29, 0.717) is 0 Å². The lowest BCUT2D eigenvalue weighted by Gasteiger charge is -2.13. The third-order valence-corrected chi connectivity index (χ3v) is 3.18. The summed E-state index contributed by atoms with van der Waals surface area (Å²) in [7, 11) is 0. The topological polar surface area (TPSA) is 48.4 Å². The van der Waals surface area contributed by atoms with Crippen LogP contribution in [0, 0.1) is 3.57 Å². The summed E-state index contributed by atoms with van der Waals surface area (Å²) < 4.78 is 57.8. The largest absolute Gasteiger partial charge is 0.573 e. The van der Waals surface area contributed by atoms with Crippen LogP contribution in [0.25, 0.3) is 0 Å². The molecule has 9 heteroatoms. The van der Waals surface area contributed by atoms with Gasteiger partial charge in [-0.2, -0.15) is 0 Å². The maximum atomic E-state index is 12.7. The van der Waals surface area contributed by atoms with Crippen molar-refractivity contribution in [3.8, 4) is 5.75 Å². The second kappa shape index (κ2) is 7.04. The molecule has 0 spiro atoms. The Hall–Kier alpha value is -1.13. The van der Waals surface area contributed by atoms with E-state index >= 15 is 0 Å². The SMILES string of the molecule is CCOC(=O)Cc1cc(OC(F)(F)F)c(I)c(CF)n1. The quantitative estimate of drug-likeness (QED) is 0.428. The number of hydrogen-bond acceptors (Lipinski definition) is 4. The van der Waals surface area contributed by atoms with E-state index in [1.165, 1.54) is 22.6 Å². The van der Waals surface area contributed by atoms with E-state index in [2.05, 4.69) is 14.5 Å². The molecule has 20 heavy (non-hydrogen) atoms. The lowest BCUT2D eigenvalue weighted by atomic mass is 10.2. The summed E-state index contributed by atoms with van der Waals surface area (Å²) in [4.78, 5) is 15.0. The summed E-state index contributed by atoms with van der Waals surface area (Å²) >= 11 is 1.50. The number of carbonyl (C=O) groups excluding carboxylic acids is 1. The van der Waals surface area contributed by atoms with Crippen LogP contribution in [0.5, 0.6) is 5.75 Å². The van der Waals surface area contributed by atoms with Crippen LogP contribution in [0.15, 0.2) is 6.07 Å². The van der Waals surface area contributed by atoms with Crippen LogP contribution in [0.2, 0.25) is 0 Å². The maximum Gasteiger partial charge on any atom is 0.573 e. The minimum atomic E-state index is -4.91. The zero-order valence-corrected chi connectivity index (χ0v) is 12.4. The van der Waals surface area contributed by atoms with Crippen molar-refractivity contribution in [3.63, 3.8) is 0 Å². The third-order valence-electron chi connectivity index (χ3n) is 2.03. The Labute approximate surface area is 125 Å². The van der Waals surface area contributed by atoms with Gasteiger partial charge in [0.15, 0.2) is 0 Å². The summed E-state index contributed by atoms with van der Waals surface area (Å²) in [5, 5.41) is 0. The van der Waals surface area contributed by atoms with E-state index in [-0.39, 0.29) is 28.0 Å². The van der Waals surface area contributed by atoms with Crippen molar-refractivity contribution in [2.75, 3.05) is 6.61 Å². The van der Waals surface area contributed by atoms with E-state index in [1.54, 1.807) is 6.92 Å². The van der Waals surface area contributed by atoms with Crippen molar-refractivity contribution in [2.45, 2.75) is 26.4 Å². The number of hydrogen-bond donors (Lipinski definition) is 0. The van der Waals surface area contributed by atoms with E-state index < -0.39 is 24.8 Å². The molecule has 0 saturated heterocycles. The van der Waals surface area contributed by atoms with Crippen molar-refractivity contribution >= 4 is 28.6 Å². The second-order valence-electron chi connectivity index (χ2n) is 3.54. The number of pyridine rings is 1. The molecule has 1 aromatic rings. The number of esters is 1. The zero-order valence-electron chi connectivity index (χ0n) is 10.3. The van der Waals surface area contributed by atoms with Gasteiger partial charge in [0.25, 0.3) is 0 Å². The minimum absolute atomic E-state index is 0.0456. The van der Waals surface area contributed by atoms with Gasteiger partial charge in [0.1, 0.15) is 12.4 Å². The van der Waals surface area contributed by atoms with Gasteiger partial charge in [-0.3, -0.25) is 9.78 Å². The summed E-state index contributed by atoms with van der Waals surface area (Å²) in [5.41, 5.74) is -0.262. The zero-order chi connectivity index (χ0) is 15.3. The first kappa shape index (κ1) is 16.9. The molecule has 1 rings (SSSR count). The standard InChI is InChI=1S/C11H10F4INO3/c1-2-19-9(18)4-6-3-8(20-11(13,14)15)10(16)7(5-12)17-6/h3H,2,4-5H2,1H3. The normalized spacial score (nSPS) is 11.3. The molecule has 0 saturated carbocycles. The molecule has 4 nitrogen and oxygen atoms in total. The third kappa shape index (κ3) is 5.10. The van der Waals surface area contributed by atoms with Crippen molar-refractivity contribution < 1.29 is 31.8 Å². The predicted octanol–water partition coefficient (Wildman–Crippen LogP) is 3.16. The van der Waals surface area contributed by atoms with Crippen LogP contribution >= 0.6 is 22.6 Å². The van der Waals surface area contributed by atoms with Gasteiger partial charge in [-0.25, -0.2) is 4.39 Å². The van der Waals surface area contributed by atoms with E-state index in [9.17, 15) is 22.4 Å². The first-order chi connectivity index (χ1) is 9.26. The Morgan fingerprint density at radius 2 is 2.10 bits per heavy atom. The van der Waals surface area contributed by atoms with Crippen LogP contribution in [0.3, 0.4) is 0 Å². The molecule has 1 aromatic heterocycles. The molecule has 0 atom stereocenters. The smallest absolute Gasteiger partial charge is 0.466 e. The lowest BCUT2D eigenvalue weighted by molar-refractivity contribution is -0.275. The molecule has 0 aliphatic carbocycles. The lowest BCUT2D eigenvalue weighted by Crippen LogP contribution is -2.19. The van der Waals surface area contributed by atoms with E-state index in [0.717, 1.165) is 6.07 Å². The van der Waals surface area contributed by atoms with Gasteiger partial charge in [-0.1, -0.05) is 0 Å². The molecule has 0 unspecified atom stereocenters. The fourth-order valence-electron chi connectivity index (χ4n) is 1.35. The highest BCUT2D eigenvalue weighted by Gasteiger charge is 2.33. The highest BCUT2D eigenvalue weighted by Crippen LogP contribution is 2.30. The van der Waals surface area contributed by atoms with Crippen molar-refractivity contribution in [1.82, 2.24) is 4.98 Å². The van der Waals surface area contributed by atoms with Crippen LogP contribution in [-0.2, 0) is 22.6 Å². The summed E-state index contributed by atoms with van der Waals surface area (Å²) in [6.45, 7) is 0.651. The number of alkyl halides is 4. The van der Waals surface area contributed by atoms with Gasteiger partial charge in [0.05, 0.1) is 28.0 Å². The number of carbonyl (C=O) groups is 1. The monoisotopic (exact) mass is 407 g/mol. The fourth-order valence-corrected chi connectivity index (χ4v) is 1.88. The van der Waals surface area contributed by atoms with Gasteiger partial charge in [0.2, 0.25) is 0 Å². The van der Waals surface area contributed by atoms with Crippen LogP contribution in [0.1, 0.15) is 18.3 Å². The van der Waals surface area contributed by atoms with Gasteiger partial charge >= 0.3 is 12.3 Å². The first-order valence-electron chi connectivity index (χ1n) is 5.42. The van der Waals surface area contributed by atoms with Gasteiger partial charge in [-0.15, -0.1) is 13.2 Å².